The molecule has 1 aliphatic carbocycles. The summed E-state index contributed by atoms with van der Waals surface area (Å²) in [6, 6.07) is 5.76. The average Bonchev–Trinajstić information content (AvgIpc) is 3.03. The van der Waals surface area contributed by atoms with Gasteiger partial charge < -0.3 is 10.1 Å². The van der Waals surface area contributed by atoms with E-state index in [1.54, 1.807) is 6.07 Å². The Morgan fingerprint density at radius 1 is 1.56 bits per heavy atom. The molecule has 1 aliphatic rings. The van der Waals surface area contributed by atoms with Crippen LogP contribution in [-0.4, -0.2) is 12.1 Å². The highest BCUT2D eigenvalue weighted by Crippen LogP contribution is 2.22. The molecular formula is C11H11BrClNO2. The molecule has 1 aromatic rings. The lowest BCUT2D eigenvalue weighted by molar-refractivity contribution is 0.139. The Hall–Kier alpha value is -0.740. The van der Waals surface area contributed by atoms with E-state index in [0.717, 1.165) is 22.9 Å². The van der Waals surface area contributed by atoms with Gasteiger partial charge in [-0.05, 0) is 31.0 Å². The van der Waals surface area contributed by atoms with Crippen molar-refractivity contribution >= 4 is 33.6 Å². The highest BCUT2D eigenvalue weighted by Gasteiger charge is 2.23. The van der Waals surface area contributed by atoms with Crippen molar-refractivity contribution in [3.63, 3.8) is 0 Å². The molecule has 5 heteroatoms. The summed E-state index contributed by atoms with van der Waals surface area (Å²) in [4.78, 5) is 11.3. The molecule has 1 saturated carbocycles. The molecule has 86 valence electrons. The van der Waals surface area contributed by atoms with Crippen LogP contribution in [0.3, 0.4) is 0 Å². The van der Waals surface area contributed by atoms with Crippen LogP contribution in [0, 0.1) is 0 Å². The number of nitrogens with one attached hydrogen (secondary N) is 1. The monoisotopic (exact) mass is 303 g/mol. The Morgan fingerprint density at radius 2 is 2.31 bits per heavy atom. The fourth-order valence-electron chi connectivity index (χ4n) is 1.23. The molecule has 0 heterocycles. The maximum Gasteiger partial charge on any atom is 0.407 e. The van der Waals surface area contributed by atoms with Crippen LogP contribution in [0.5, 0.6) is 0 Å². The molecule has 0 spiro atoms. The number of carbonyl (C=O) groups excluding carboxylic acids is 1. The lowest BCUT2D eigenvalue weighted by Gasteiger charge is -2.07. The SMILES string of the molecule is O=C(NC1CC1)OCc1cc(Br)ccc1Cl. The third-order valence-corrected chi connectivity index (χ3v) is 3.13. The number of halogens is 2. The van der Waals surface area contributed by atoms with E-state index < -0.39 is 0 Å². The number of amides is 1. The molecule has 2 rings (SSSR count). The average molecular weight is 305 g/mol. The van der Waals surface area contributed by atoms with Gasteiger partial charge in [0.05, 0.1) is 0 Å². The zero-order valence-corrected chi connectivity index (χ0v) is 10.8. The summed E-state index contributed by atoms with van der Waals surface area (Å²) in [5.74, 6) is 0. The summed E-state index contributed by atoms with van der Waals surface area (Å²) < 4.78 is 5.97. The minimum Gasteiger partial charge on any atom is -0.445 e. The van der Waals surface area contributed by atoms with Gasteiger partial charge in [-0.1, -0.05) is 27.5 Å². The summed E-state index contributed by atoms with van der Waals surface area (Å²) in [6.07, 6.45) is 1.72. The molecule has 16 heavy (non-hydrogen) atoms. The quantitative estimate of drug-likeness (QED) is 0.928. The molecule has 0 saturated heterocycles. The smallest absolute Gasteiger partial charge is 0.407 e. The summed E-state index contributed by atoms with van der Waals surface area (Å²) in [5, 5.41) is 3.34. The fourth-order valence-corrected chi connectivity index (χ4v) is 1.81. The lowest BCUT2D eigenvalue weighted by atomic mass is 10.2. The van der Waals surface area contributed by atoms with Crippen LogP contribution in [0.4, 0.5) is 4.79 Å². The Kier molecular flexibility index (Phi) is 3.71. The number of alkyl carbamates (subject to hydrolysis) is 1. The number of rotatable bonds is 3. The molecule has 3 nitrogen and oxygen atoms in total. The van der Waals surface area contributed by atoms with Crippen LogP contribution in [0.2, 0.25) is 5.02 Å². The van der Waals surface area contributed by atoms with Crippen LogP contribution in [0.25, 0.3) is 0 Å². The molecule has 0 unspecified atom stereocenters. The van der Waals surface area contributed by atoms with Crippen molar-refractivity contribution in [2.75, 3.05) is 0 Å². The van der Waals surface area contributed by atoms with Crippen LogP contribution in [0.1, 0.15) is 18.4 Å². The van der Waals surface area contributed by atoms with Crippen molar-refractivity contribution in [3.05, 3.63) is 33.3 Å². The van der Waals surface area contributed by atoms with E-state index in [1.165, 1.54) is 0 Å². The largest absolute Gasteiger partial charge is 0.445 e. The number of ether oxygens (including phenoxy) is 1. The van der Waals surface area contributed by atoms with Crippen molar-refractivity contribution in [2.24, 2.45) is 0 Å². The predicted molar refractivity (Wildman–Crippen MR) is 65.5 cm³/mol. The topological polar surface area (TPSA) is 38.3 Å². The second-order valence-electron chi connectivity index (χ2n) is 3.73. The first-order valence-corrected chi connectivity index (χ1v) is 6.19. The highest BCUT2D eigenvalue weighted by atomic mass is 79.9. The van der Waals surface area contributed by atoms with E-state index in [2.05, 4.69) is 21.2 Å². The number of carbonyl (C=O) groups is 1. The maximum absolute atomic E-state index is 11.3. The van der Waals surface area contributed by atoms with Gasteiger partial charge in [-0.15, -0.1) is 0 Å². The van der Waals surface area contributed by atoms with Gasteiger partial charge in [-0.25, -0.2) is 4.79 Å². The molecule has 0 radical (unpaired) electrons. The van der Waals surface area contributed by atoms with E-state index >= 15 is 0 Å². The zero-order valence-electron chi connectivity index (χ0n) is 8.50. The van der Waals surface area contributed by atoms with Crippen LogP contribution in [-0.2, 0) is 11.3 Å². The first kappa shape index (κ1) is 11.7. The van der Waals surface area contributed by atoms with Crippen LogP contribution >= 0.6 is 27.5 Å². The Balaban J connectivity index is 1.87. The van der Waals surface area contributed by atoms with E-state index in [4.69, 9.17) is 16.3 Å². The van der Waals surface area contributed by atoms with E-state index in [0.29, 0.717) is 11.1 Å². The molecule has 0 bridgehead atoms. The van der Waals surface area contributed by atoms with Gasteiger partial charge in [0.2, 0.25) is 0 Å². The first-order chi connectivity index (χ1) is 7.65. The Morgan fingerprint density at radius 3 is 3.00 bits per heavy atom. The standard InChI is InChI=1S/C11H11BrClNO2/c12-8-1-4-10(13)7(5-8)6-16-11(15)14-9-2-3-9/h1,4-5,9H,2-3,6H2,(H,14,15). The van der Waals surface area contributed by atoms with Gasteiger partial charge in [-0.2, -0.15) is 0 Å². The van der Waals surface area contributed by atoms with Gasteiger partial charge in [0.15, 0.2) is 0 Å². The normalized spacial score (nSPS) is 14.6. The van der Waals surface area contributed by atoms with Crippen molar-refractivity contribution < 1.29 is 9.53 Å². The number of hydrogen-bond acceptors (Lipinski definition) is 2. The summed E-state index contributed by atoms with van der Waals surface area (Å²) >= 11 is 9.30. The van der Waals surface area contributed by atoms with Crippen LogP contribution < -0.4 is 5.32 Å². The maximum atomic E-state index is 11.3. The van der Waals surface area contributed by atoms with Crippen molar-refractivity contribution in [1.29, 1.82) is 0 Å². The zero-order chi connectivity index (χ0) is 11.5. The third kappa shape index (κ3) is 3.39. The summed E-state index contributed by atoms with van der Waals surface area (Å²) in [7, 11) is 0. The van der Waals surface area contributed by atoms with E-state index in [1.807, 2.05) is 12.1 Å². The van der Waals surface area contributed by atoms with Crippen molar-refractivity contribution in [2.45, 2.75) is 25.5 Å². The number of benzene rings is 1. The summed E-state index contributed by atoms with van der Waals surface area (Å²) in [5.41, 5.74) is 0.794. The lowest BCUT2D eigenvalue weighted by Crippen LogP contribution is -2.26. The fraction of sp³-hybridized carbons (Fsp3) is 0.364. The molecule has 0 atom stereocenters. The minimum absolute atomic E-state index is 0.191. The van der Waals surface area contributed by atoms with Crippen molar-refractivity contribution in [3.8, 4) is 0 Å². The van der Waals surface area contributed by atoms with Gasteiger partial charge in [0.25, 0.3) is 0 Å². The molecule has 0 aliphatic heterocycles. The van der Waals surface area contributed by atoms with Gasteiger partial charge >= 0.3 is 6.09 Å². The van der Waals surface area contributed by atoms with Gasteiger partial charge in [0.1, 0.15) is 6.61 Å². The highest BCUT2D eigenvalue weighted by molar-refractivity contribution is 9.10. The van der Waals surface area contributed by atoms with E-state index in [-0.39, 0.29) is 12.7 Å². The molecule has 1 fully saturated rings. The molecular weight excluding hydrogens is 293 g/mol. The Bertz CT molecular complexity index is 407. The molecule has 1 N–H and O–H groups in total. The van der Waals surface area contributed by atoms with E-state index in [9.17, 15) is 4.79 Å². The second-order valence-corrected chi connectivity index (χ2v) is 5.05. The molecule has 0 aromatic heterocycles. The first-order valence-electron chi connectivity index (χ1n) is 5.02. The van der Waals surface area contributed by atoms with Crippen molar-refractivity contribution in [1.82, 2.24) is 5.32 Å². The van der Waals surface area contributed by atoms with Gasteiger partial charge in [-0.3, -0.25) is 0 Å². The third-order valence-electron chi connectivity index (χ3n) is 2.27. The van der Waals surface area contributed by atoms with Gasteiger partial charge in [0, 0.05) is 21.1 Å². The summed E-state index contributed by atoms with van der Waals surface area (Å²) in [6.45, 7) is 0.191. The van der Waals surface area contributed by atoms with Crippen LogP contribution in [0.15, 0.2) is 22.7 Å². The molecule has 1 aromatic carbocycles. The minimum atomic E-state index is -0.376. The molecule has 1 amide bonds. The predicted octanol–water partition coefficient (Wildman–Crippen LogP) is 3.49. The Labute approximate surface area is 107 Å². The second kappa shape index (κ2) is 5.06. The number of hydrogen-bond donors (Lipinski definition) is 1.